The summed E-state index contributed by atoms with van der Waals surface area (Å²) in [6.45, 7) is 1.10. The van der Waals surface area contributed by atoms with Gasteiger partial charge in [-0.1, -0.05) is 30.3 Å². The fraction of sp³-hybridized carbons (Fsp3) is 0.200. The first-order valence-corrected chi connectivity index (χ1v) is 8.22. The Morgan fingerprint density at radius 1 is 1.08 bits per heavy atom. The van der Waals surface area contributed by atoms with Crippen molar-refractivity contribution in [3.8, 4) is 5.88 Å². The Kier molecular flexibility index (Phi) is 4.06. The van der Waals surface area contributed by atoms with Gasteiger partial charge in [-0.3, -0.25) is 4.79 Å². The Balaban J connectivity index is 1.32. The molecule has 1 aliphatic heterocycles. The van der Waals surface area contributed by atoms with Gasteiger partial charge in [0.05, 0.1) is 25.0 Å². The Labute approximate surface area is 144 Å². The van der Waals surface area contributed by atoms with Gasteiger partial charge in [-0.15, -0.1) is 0 Å². The molecule has 0 unspecified atom stereocenters. The van der Waals surface area contributed by atoms with Crippen LogP contribution < -0.4 is 4.74 Å². The summed E-state index contributed by atoms with van der Waals surface area (Å²) in [5, 5.41) is 1.07. The molecule has 1 amide bonds. The molecule has 1 fully saturated rings. The van der Waals surface area contributed by atoms with Gasteiger partial charge < -0.3 is 9.64 Å². The van der Waals surface area contributed by atoms with Crippen LogP contribution in [0.2, 0.25) is 0 Å². The predicted molar refractivity (Wildman–Crippen MR) is 92.8 cm³/mol. The number of halogens is 1. The minimum absolute atomic E-state index is 0.0259. The molecule has 5 heteroatoms. The maximum Gasteiger partial charge on any atom is 0.227 e. The van der Waals surface area contributed by atoms with Gasteiger partial charge in [-0.05, 0) is 29.8 Å². The quantitative estimate of drug-likeness (QED) is 0.735. The molecule has 0 N–H and O–H groups in total. The summed E-state index contributed by atoms with van der Waals surface area (Å²) >= 11 is 0. The SMILES string of the molecule is O=C(Cc1ccc(F)cc1)N1CC(Oc2ccc3ccccc3n2)C1. The molecule has 25 heavy (non-hydrogen) atoms. The zero-order valence-electron chi connectivity index (χ0n) is 13.6. The van der Waals surface area contributed by atoms with Gasteiger partial charge in [0.2, 0.25) is 11.8 Å². The van der Waals surface area contributed by atoms with E-state index < -0.39 is 0 Å². The predicted octanol–water partition coefficient (Wildman–Crippen LogP) is 3.21. The molecule has 0 spiro atoms. The van der Waals surface area contributed by atoms with Crippen LogP contribution in [0.3, 0.4) is 0 Å². The number of likely N-dealkylation sites (tertiary alicyclic amines) is 1. The van der Waals surface area contributed by atoms with Crippen LogP contribution in [0.4, 0.5) is 4.39 Å². The number of amides is 1. The highest BCUT2D eigenvalue weighted by atomic mass is 19.1. The lowest BCUT2D eigenvalue weighted by atomic mass is 10.1. The standard InChI is InChI=1S/C20H17FN2O2/c21-16-8-5-14(6-9-16)11-20(24)23-12-17(13-23)25-19-10-7-15-3-1-2-4-18(15)22-19/h1-10,17H,11-13H2. The molecule has 0 radical (unpaired) electrons. The normalized spacial score (nSPS) is 14.4. The molecule has 2 heterocycles. The molecule has 4 nitrogen and oxygen atoms in total. The third-order valence-corrected chi connectivity index (χ3v) is 4.33. The molecule has 3 aromatic rings. The van der Waals surface area contributed by atoms with Crippen molar-refractivity contribution in [3.63, 3.8) is 0 Å². The van der Waals surface area contributed by atoms with E-state index >= 15 is 0 Å². The second-order valence-corrected chi connectivity index (χ2v) is 6.18. The summed E-state index contributed by atoms with van der Waals surface area (Å²) in [4.78, 5) is 18.4. The smallest absolute Gasteiger partial charge is 0.227 e. The van der Waals surface area contributed by atoms with Gasteiger partial charge in [-0.25, -0.2) is 9.37 Å². The van der Waals surface area contributed by atoms with Crippen molar-refractivity contribution in [1.29, 1.82) is 0 Å². The van der Waals surface area contributed by atoms with Crippen molar-refractivity contribution >= 4 is 16.8 Å². The number of ether oxygens (including phenoxy) is 1. The summed E-state index contributed by atoms with van der Waals surface area (Å²) in [6.07, 6.45) is 0.243. The maximum atomic E-state index is 12.9. The first-order valence-electron chi connectivity index (χ1n) is 8.22. The lowest BCUT2D eigenvalue weighted by molar-refractivity contribution is -0.139. The Morgan fingerprint density at radius 2 is 1.84 bits per heavy atom. The molecule has 2 aromatic carbocycles. The zero-order valence-corrected chi connectivity index (χ0v) is 13.6. The van der Waals surface area contributed by atoms with Gasteiger partial charge >= 0.3 is 0 Å². The number of nitrogens with zero attached hydrogens (tertiary/aromatic N) is 2. The second kappa shape index (κ2) is 6.51. The minimum atomic E-state index is -0.295. The van der Waals surface area contributed by atoms with Crippen molar-refractivity contribution in [2.75, 3.05) is 13.1 Å². The first-order chi connectivity index (χ1) is 12.2. The van der Waals surface area contributed by atoms with Crippen LogP contribution in [0, 0.1) is 5.82 Å². The van der Waals surface area contributed by atoms with Crippen LogP contribution in [0.25, 0.3) is 10.9 Å². The van der Waals surface area contributed by atoms with E-state index in [1.54, 1.807) is 17.0 Å². The maximum absolute atomic E-state index is 12.9. The van der Waals surface area contributed by atoms with E-state index in [2.05, 4.69) is 4.98 Å². The van der Waals surface area contributed by atoms with Crippen LogP contribution in [-0.2, 0) is 11.2 Å². The summed E-state index contributed by atoms with van der Waals surface area (Å²) in [6, 6.07) is 17.7. The Hall–Kier alpha value is -2.95. The average Bonchev–Trinajstić information content (AvgIpc) is 2.59. The lowest BCUT2D eigenvalue weighted by Crippen LogP contribution is -2.56. The highest BCUT2D eigenvalue weighted by Gasteiger charge is 2.32. The summed E-state index contributed by atoms with van der Waals surface area (Å²) in [5.74, 6) is 0.309. The van der Waals surface area contributed by atoms with Gasteiger partial charge in [0.25, 0.3) is 0 Å². The second-order valence-electron chi connectivity index (χ2n) is 6.18. The van der Waals surface area contributed by atoms with Crippen molar-refractivity contribution in [1.82, 2.24) is 9.88 Å². The number of aromatic nitrogens is 1. The van der Waals surface area contributed by atoms with E-state index in [0.29, 0.717) is 19.0 Å². The third kappa shape index (κ3) is 3.45. The molecule has 0 atom stereocenters. The van der Waals surface area contributed by atoms with E-state index in [9.17, 15) is 9.18 Å². The number of hydrogen-bond donors (Lipinski definition) is 0. The van der Waals surface area contributed by atoms with Gasteiger partial charge in [-0.2, -0.15) is 0 Å². The third-order valence-electron chi connectivity index (χ3n) is 4.33. The van der Waals surface area contributed by atoms with Crippen LogP contribution >= 0.6 is 0 Å². The van der Waals surface area contributed by atoms with Gasteiger partial charge in [0, 0.05) is 11.5 Å². The van der Waals surface area contributed by atoms with E-state index in [1.165, 1.54) is 12.1 Å². The van der Waals surface area contributed by atoms with E-state index in [-0.39, 0.29) is 24.2 Å². The largest absolute Gasteiger partial charge is 0.471 e. The molecule has 4 rings (SSSR count). The Morgan fingerprint density at radius 3 is 2.64 bits per heavy atom. The van der Waals surface area contributed by atoms with Gasteiger partial charge in [0.15, 0.2) is 0 Å². The van der Waals surface area contributed by atoms with Crippen LogP contribution in [-0.4, -0.2) is 35.0 Å². The number of hydrogen-bond acceptors (Lipinski definition) is 3. The Bertz CT molecular complexity index is 905. The topological polar surface area (TPSA) is 42.4 Å². The number of carbonyl (C=O) groups is 1. The number of pyridine rings is 1. The summed E-state index contributed by atoms with van der Waals surface area (Å²) in [5.41, 5.74) is 1.70. The van der Waals surface area contributed by atoms with Crippen molar-refractivity contribution in [3.05, 3.63) is 72.0 Å². The van der Waals surface area contributed by atoms with E-state index in [4.69, 9.17) is 4.74 Å². The van der Waals surface area contributed by atoms with E-state index in [1.807, 2.05) is 36.4 Å². The fourth-order valence-corrected chi connectivity index (χ4v) is 2.89. The van der Waals surface area contributed by atoms with Crippen LogP contribution in [0.15, 0.2) is 60.7 Å². The molecular weight excluding hydrogens is 319 g/mol. The molecule has 0 aliphatic carbocycles. The van der Waals surface area contributed by atoms with Crippen molar-refractivity contribution in [2.24, 2.45) is 0 Å². The van der Waals surface area contributed by atoms with Crippen LogP contribution in [0.5, 0.6) is 5.88 Å². The van der Waals surface area contributed by atoms with Crippen molar-refractivity contribution < 1.29 is 13.9 Å². The molecule has 126 valence electrons. The fourth-order valence-electron chi connectivity index (χ4n) is 2.89. The van der Waals surface area contributed by atoms with Crippen LogP contribution in [0.1, 0.15) is 5.56 Å². The minimum Gasteiger partial charge on any atom is -0.471 e. The molecule has 0 bridgehead atoms. The number of rotatable bonds is 4. The first kappa shape index (κ1) is 15.6. The molecule has 1 aromatic heterocycles. The molecular formula is C20H17FN2O2. The summed E-state index contributed by atoms with van der Waals surface area (Å²) in [7, 11) is 0. The van der Waals surface area contributed by atoms with E-state index in [0.717, 1.165) is 16.5 Å². The highest BCUT2D eigenvalue weighted by molar-refractivity contribution is 5.80. The van der Waals surface area contributed by atoms with Crippen molar-refractivity contribution in [2.45, 2.75) is 12.5 Å². The average molecular weight is 336 g/mol. The molecule has 1 saturated heterocycles. The molecule has 1 aliphatic rings. The number of para-hydroxylation sites is 1. The van der Waals surface area contributed by atoms with Gasteiger partial charge in [0.1, 0.15) is 11.9 Å². The number of fused-ring (bicyclic) bond motifs is 1. The summed E-state index contributed by atoms with van der Waals surface area (Å²) < 4.78 is 18.7. The lowest BCUT2D eigenvalue weighted by Gasteiger charge is -2.38. The zero-order chi connectivity index (χ0) is 17.2. The molecule has 0 saturated carbocycles. The number of carbonyl (C=O) groups excluding carboxylic acids is 1. The highest BCUT2D eigenvalue weighted by Crippen LogP contribution is 2.20. The number of benzene rings is 2. The monoisotopic (exact) mass is 336 g/mol.